The summed E-state index contributed by atoms with van der Waals surface area (Å²) in [5, 5.41) is 7.56. The van der Waals surface area contributed by atoms with Gasteiger partial charge in [-0.3, -0.25) is 4.79 Å². The van der Waals surface area contributed by atoms with Gasteiger partial charge in [-0.2, -0.15) is 5.10 Å². The van der Waals surface area contributed by atoms with Crippen molar-refractivity contribution in [2.24, 2.45) is 5.10 Å². The minimum absolute atomic E-state index is 0. The van der Waals surface area contributed by atoms with Crippen LogP contribution in [0.3, 0.4) is 0 Å². The largest absolute Gasteiger partial charge is 0.483 e. The fraction of sp³-hybridized carbons (Fsp3) is 0.364. The molecule has 2 aromatic carbocycles. The number of fused-ring (bicyclic) bond motifs is 3. The number of carbonyl (C=O) groups is 1. The Bertz CT molecular complexity index is 1010. The Hall–Kier alpha value is -2.64. The van der Waals surface area contributed by atoms with Crippen LogP contribution >= 0.6 is 12.4 Å². The molecule has 0 bridgehead atoms. The molecule has 6 nitrogen and oxygen atoms in total. The van der Waals surface area contributed by atoms with Crippen LogP contribution in [-0.4, -0.2) is 37.5 Å². The Morgan fingerprint density at radius 3 is 2.70 bits per heavy atom. The molecule has 0 radical (unpaired) electrons. The predicted molar refractivity (Wildman–Crippen MR) is 117 cm³/mol. The Morgan fingerprint density at radius 2 is 1.93 bits per heavy atom. The molecule has 2 N–H and O–H groups in total. The van der Waals surface area contributed by atoms with Crippen molar-refractivity contribution in [2.45, 2.75) is 31.7 Å². The van der Waals surface area contributed by atoms with E-state index in [4.69, 9.17) is 4.74 Å². The average molecular weight is 431 g/mol. The van der Waals surface area contributed by atoms with E-state index in [0.29, 0.717) is 23.1 Å². The van der Waals surface area contributed by atoms with Crippen molar-refractivity contribution < 1.29 is 13.9 Å². The highest BCUT2D eigenvalue weighted by Crippen LogP contribution is 2.44. The number of carbonyl (C=O) groups excluding carboxylic acids is 1. The van der Waals surface area contributed by atoms with Crippen LogP contribution in [0.15, 0.2) is 41.5 Å². The minimum atomic E-state index is -0.384. The Labute approximate surface area is 180 Å². The van der Waals surface area contributed by atoms with Gasteiger partial charge in [-0.15, -0.1) is 12.4 Å². The van der Waals surface area contributed by atoms with Crippen LogP contribution in [0.4, 0.5) is 10.1 Å². The first-order chi connectivity index (χ1) is 14.1. The number of nitrogens with one attached hydrogen (secondary N) is 2. The molecule has 158 valence electrons. The standard InChI is InChI=1S/C22H23FN4O2.ClH/c1-13-22(28)26-25-21-12-29-20-11-17(15-4-2-3-5-18(15)23)16(10-19(20)27(13)21)14-6-8-24-9-7-14;/h2-5,10-11,13-14,24H,6-9,12H2,1H3,(H,26,28);1H. The maximum absolute atomic E-state index is 14.7. The lowest BCUT2D eigenvalue weighted by molar-refractivity contribution is -0.122. The van der Waals surface area contributed by atoms with Gasteiger partial charge in [-0.1, -0.05) is 18.2 Å². The fourth-order valence-electron chi connectivity index (χ4n) is 4.47. The predicted octanol–water partition coefficient (Wildman–Crippen LogP) is 3.41. The topological polar surface area (TPSA) is 66.0 Å². The van der Waals surface area contributed by atoms with Gasteiger partial charge >= 0.3 is 0 Å². The average Bonchev–Trinajstić information content (AvgIpc) is 2.76. The van der Waals surface area contributed by atoms with Crippen LogP contribution in [0.25, 0.3) is 11.1 Å². The van der Waals surface area contributed by atoms with Gasteiger partial charge in [0.2, 0.25) is 0 Å². The molecule has 0 saturated carbocycles. The monoisotopic (exact) mass is 430 g/mol. The van der Waals surface area contributed by atoms with E-state index in [2.05, 4.69) is 21.9 Å². The van der Waals surface area contributed by atoms with E-state index in [0.717, 1.165) is 42.7 Å². The third-order valence-corrected chi connectivity index (χ3v) is 6.03. The van der Waals surface area contributed by atoms with E-state index in [-0.39, 0.29) is 36.8 Å². The number of piperidine rings is 1. The van der Waals surface area contributed by atoms with Gasteiger partial charge in [0.1, 0.15) is 24.2 Å². The molecule has 3 aliphatic rings. The second kappa shape index (κ2) is 8.24. The normalized spacial score (nSPS) is 20.9. The summed E-state index contributed by atoms with van der Waals surface area (Å²) in [7, 11) is 0. The molecule has 0 spiro atoms. The molecular formula is C22H24ClFN4O2. The summed E-state index contributed by atoms with van der Waals surface area (Å²) in [5.41, 5.74) is 5.92. The summed E-state index contributed by atoms with van der Waals surface area (Å²) < 4.78 is 20.7. The number of amidine groups is 1. The van der Waals surface area contributed by atoms with E-state index < -0.39 is 0 Å². The molecule has 1 unspecified atom stereocenters. The van der Waals surface area contributed by atoms with Crippen LogP contribution in [0.2, 0.25) is 0 Å². The van der Waals surface area contributed by atoms with Crippen molar-refractivity contribution in [3.8, 4) is 16.9 Å². The number of anilines is 1. The van der Waals surface area contributed by atoms with Crippen molar-refractivity contribution in [3.63, 3.8) is 0 Å². The first-order valence-corrected chi connectivity index (χ1v) is 10.1. The number of ether oxygens (including phenoxy) is 1. The molecule has 1 amide bonds. The van der Waals surface area contributed by atoms with Crippen LogP contribution in [0.1, 0.15) is 31.2 Å². The number of amides is 1. The molecule has 5 rings (SSSR count). The quantitative estimate of drug-likeness (QED) is 0.766. The summed E-state index contributed by atoms with van der Waals surface area (Å²) in [4.78, 5) is 14.2. The molecule has 2 aromatic rings. The lowest BCUT2D eigenvalue weighted by atomic mass is 9.84. The first-order valence-electron chi connectivity index (χ1n) is 10.1. The molecule has 3 heterocycles. The maximum atomic E-state index is 14.7. The Morgan fingerprint density at radius 1 is 1.17 bits per heavy atom. The second-order valence-electron chi connectivity index (χ2n) is 7.75. The number of hydrogen-bond donors (Lipinski definition) is 2. The zero-order chi connectivity index (χ0) is 20.0. The van der Waals surface area contributed by atoms with E-state index in [1.165, 1.54) is 6.07 Å². The van der Waals surface area contributed by atoms with Gasteiger partial charge in [0.25, 0.3) is 5.91 Å². The molecule has 0 aliphatic carbocycles. The highest BCUT2D eigenvalue weighted by Gasteiger charge is 2.36. The van der Waals surface area contributed by atoms with Gasteiger partial charge in [0.15, 0.2) is 5.84 Å². The minimum Gasteiger partial charge on any atom is -0.483 e. The first kappa shape index (κ1) is 20.6. The van der Waals surface area contributed by atoms with Crippen molar-refractivity contribution >= 4 is 29.8 Å². The highest BCUT2D eigenvalue weighted by atomic mass is 35.5. The summed E-state index contributed by atoms with van der Waals surface area (Å²) in [6.07, 6.45) is 1.97. The number of nitrogens with zero attached hydrogens (tertiary/aromatic N) is 2. The van der Waals surface area contributed by atoms with Crippen molar-refractivity contribution in [2.75, 3.05) is 24.6 Å². The van der Waals surface area contributed by atoms with Crippen LogP contribution < -0.4 is 20.4 Å². The Balaban J connectivity index is 0.00000218. The summed E-state index contributed by atoms with van der Waals surface area (Å²) >= 11 is 0. The lowest BCUT2D eigenvalue weighted by Crippen LogP contribution is -2.55. The number of rotatable bonds is 2. The van der Waals surface area contributed by atoms with E-state index >= 15 is 0 Å². The molecular weight excluding hydrogens is 407 g/mol. The summed E-state index contributed by atoms with van der Waals surface area (Å²) in [6.45, 7) is 3.99. The molecule has 1 fully saturated rings. The number of halogens is 2. The number of hydrazone groups is 1. The van der Waals surface area contributed by atoms with E-state index in [1.54, 1.807) is 6.07 Å². The summed E-state index contributed by atoms with van der Waals surface area (Å²) in [5.74, 6) is 1.25. The third kappa shape index (κ3) is 3.42. The second-order valence-corrected chi connectivity index (χ2v) is 7.75. The van der Waals surface area contributed by atoms with Crippen molar-refractivity contribution in [1.29, 1.82) is 0 Å². The SMILES string of the molecule is CC1C(=O)NN=C2COc3cc(-c4ccccc4F)c(C4CCNCC4)cc3N21.Cl. The number of benzene rings is 2. The van der Waals surface area contributed by atoms with Crippen LogP contribution in [0, 0.1) is 5.82 Å². The van der Waals surface area contributed by atoms with Gasteiger partial charge < -0.3 is 15.0 Å². The zero-order valence-corrected chi connectivity index (χ0v) is 17.5. The highest BCUT2D eigenvalue weighted by molar-refractivity contribution is 6.09. The molecule has 1 atom stereocenters. The molecule has 0 aromatic heterocycles. The molecule has 8 heteroatoms. The fourth-order valence-corrected chi connectivity index (χ4v) is 4.47. The van der Waals surface area contributed by atoms with Crippen LogP contribution in [0.5, 0.6) is 5.75 Å². The smallest absolute Gasteiger partial charge is 0.262 e. The van der Waals surface area contributed by atoms with Crippen molar-refractivity contribution in [1.82, 2.24) is 10.7 Å². The van der Waals surface area contributed by atoms with Gasteiger partial charge in [0.05, 0.1) is 5.69 Å². The van der Waals surface area contributed by atoms with Gasteiger partial charge in [-0.05, 0) is 68.1 Å². The maximum Gasteiger partial charge on any atom is 0.262 e. The van der Waals surface area contributed by atoms with Gasteiger partial charge in [0, 0.05) is 5.56 Å². The number of hydrogen-bond acceptors (Lipinski definition) is 5. The molecule has 30 heavy (non-hydrogen) atoms. The third-order valence-electron chi connectivity index (χ3n) is 6.03. The molecule has 1 saturated heterocycles. The van der Waals surface area contributed by atoms with Gasteiger partial charge in [-0.25, -0.2) is 9.82 Å². The van der Waals surface area contributed by atoms with E-state index in [1.807, 2.05) is 30.0 Å². The van der Waals surface area contributed by atoms with Crippen molar-refractivity contribution in [3.05, 3.63) is 47.8 Å². The zero-order valence-electron chi connectivity index (χ0n) is 16.7. The van der Waals surface area contributed by atoms with Crippen LogP contribution in [-0.2, 0) is 4.79 Å². The van der Waals surface area contributed by atoms with E-state index in [9.17, 15) is 9.18 Å². The Kier molecular flexibility index (Phi) is 5.66. The molecule has 3 aliphatic heterocycles. The summed E-state index contributed by atoms with van der Waals surface area (Å²) in [6, 6.07) is 10.5. The lowest BCUT2D eigenvalue weighted by Gasteiger charge is -2.39.